The molecule has 1 atom stereocenters. The van der Waals surface area contributed by atoms with Crippen LogP contribution in [0.3, 0.4) is 0 Å². The van der Waals surface area contributed by atoms with Crippen molar-refractivity contribution < 1.29 is 0 Å². The third-order valence-electron chi connectivity index (χ3n) is 3.31. The molecule has 1 aromatic carbocycles. The maximum absolute atomic E-state index is 4.48. The van der Waals surface area contributed by atoms with Crippen LogP contribution in [0.15, 0.2) is 24.3 Å². The quantitative estimate of drug-likeness (QED) is 0.875. The van der Waals surface area contributed by atoms with Gasteiger partial charge < -0.3 is 10.6 Å². The molecule has 0 unspecified atom stereocenters. The van der Waals surface area contributed by atoms with Crippen LogP contribution >= 0.6 is 11.5 Å². The highest BCUT2D eigenvalue weighted by atomic mass is 32.1. The lowest BCUT2D eigenvalue weighted by atomic mass is 10.1. The van der Waals surface area contributed by atoms with Crippen LogP contribution < -0.4 is 10.6 Å². The molecule has 2 N–H and O–H groups in total. The number of nitrogens with one attached hydrogen (secondary N) is 2. The highest BCUT2D eigenvalue weighted by Gasteiger charge is 2.13. The number of hydrogen-bond acceptors (Lipinski definition) is 4. The number of fused-ring (bicyclic) bond motifs is 1. The van der Waals surface area contributed by atoms with Gasteiger partial charge in [-0.2, -0.15) is 4.37 Å². The average molecular weight is 247 g/mol. The fraction of sp³-hybridized carbons (Fsp3) is 0.462. The minimum Gasteiger partial charge on any atom is -0.367 e. The van der Waals surface area contributed by atoms with Gasteiger partial charge in [-0.3, -0.25) is 0 Å². The monoisotopic (exact) mass is 247 g/mol. The number of hydrogen-bond donors (Lipinski definition) is 2. The molecule has 17 heavy (non-hydrogen) atoms. The van der Waals surface area contributed by atoms with Gasteiger partial charge in [-0.25, -0.2) is 0 Å². The van der Waals surface area contributed by atoms with E-state index in [4.69, 9.17) is 0 Å². The van der Waals surface area contributed by atoms with Gasteiger partial charge in [0, 0.05) is 18.0 Å². The summed E-state index contributed by atoms with van der Waals surface area (Å²) in [6.07, 6.45) is 3.93. The SMILES string of the molecule is c1ccc2c(NC[C@H]3CCCCN3)nsc2c1. The summed E-state index contributed by atoms with van der Waals surface area (Å²) in [5, 5.41) is 8.26. The first-order valence-electron chi connectivity index (χ1n) is 6.25. The lowest BCUT2D eigenvalue weighted by Crippen LogP contribution is -2.39. The standard InChI is InChI=1S/C13H17N3S/c1-2-7-12-11(6-1)13(16-17-12)15-9-10-5-3-4-8-14-10/h1-2,6-7,10,14H,3-5,8-9H2,(H,15,16)/t10-/m1/s1. The average Bonchev–Trinajstić information content (AvgIpc) is 2.81. The van der Waals surface area contributed by atoms with Crippen molar-refractivity contribution in [2.45, 2.75) is 25.3 Å². The summed E-state index contributed by atoms with van der Waals surface area (Å²) in [5.41, 5.74) is 0. The van der Waals surface area contributed by atoms with Crippen LogP contribution in [0.5, 0.6) is 0 Å². The van der Waals surface area contributed by atoms with Gasteiger partial charge in [0.15, 0.2) is 0 Å². The molecule has 3 nitrogen and oxygen atoms in total. The minimum absolute atomic E-state index is 0.601. The lowest BCUT2D eigenvalue weighted by Gasteiger charge is -2.23. The predicted molar refractivity (Wildman–Crippen MR) is 73.8 cm³/mol. The summed E-state index contributed by atoms with van der Waals surface area (Å²) in [6, 6.07) is 8.99. The number of benzene rings is 1. The Hall–Kier alpha value is -1.13. The fourth-order valence-corrected chi connectivity index (χ4v) is 3.09. The predicted octanol–water partition coefficient (Wildman–Crippen LogP) is 2.85. The van der Waals surface area contributed by atoms with E-state index >= 15 is 0 Å². The van der Waals surface area contributed by atoms with E-state index in [-0.39, 0.29) is 0 Å². The van der Waals surface area contributed by atoms with Gasteiger partial charge in [-0.1, -0.05) is 18.6 Å². The molecule has 0 saturated carbocycles. The summed E-state index contributed by atoms with van der Waals surface area (Å²) in [6.45, 7) is 2.14. The molecule has 1 aliphatic rings. The first-order chi connectivity index (χ1) is 8.43. The van der Waals surface area contributed by atoms with E-state index in [1.807, 2.05) is 0 Å². The number of aromatic nitrogens is 1. The van der Waals surface area contributed by atoms with E-state index in [1.165, 1.54) is 29.3 Å². The van der Waals surface area contributed by atoms with E-state index < -0.39 is 0 Å². The van der Waals surface area contributed by atoms with Crippen molar-refractivity contribution in [3.8, 4) is 0 Å². The van der Waals surface area contributed by atoms with Crippen molar-refractivity contribution in [2.75, 3.05) is 18.4 Å². The van der Waals surface area contributed by atoms with Crippen molar-refractivity contribution in [2.24, 2.45) is 0 Å². The van der Waals surface area contributed by atoms with E-state index in [0.717, 1.165) is 18.9 Å². The molecule has 1 aliphatic heterocycles. The molecule has 1 aromatic heterocycles. The Morgan fingerprint density at radius 3 is 3.18 bits per heavy atom. The molecule has 1 fully saturated rings. The number of piperidine rings is 1. The second kappa shape index (κ2) is 5.02. The van der Waals surface area contributed by atoms with Crippen molar-refractivity contribution >= 4 is 27.4 Å². The van der Waals surface area contributed by atoms with Crippen LogP contribution in [0.25, 0.3) is 10.1 Å². The Morgan fingerprint density at radius 1 is 1.35 bits per heavy atom. The molecule has 3 rings (SSSR count). The Labute approximate surface area is 105 Å². The summed E-state index contributed by atoms with van der Waals surface area (Å²) in [5.74, 6) is 1.04. The molecule has 90 valence electrons. The van der Waals surface area contributed by atoms with Crippen LogP contribution in [-0.2, 0) is 0 Å². The molecule has 0 aliphatic carbocycles. The maximum Gasteiger partial charge on any atom is 0.147 e. The minimum atomic E-state index is 0.601. The Bertz CT molecular complexity index is 488. The van der Waals surface area contributed by atoms with Gasteiger partial charge in [-0.15, -0.1) is 0 Å². The molecule has 0 spiro atoms. The lowest BCUT2D eigenvalue weighted by molar-refractivity contribution is 0.414. The van der Waals surface area contributed by atoms with Gasteiger partial charge in [0.1, 0.15) is 5.82 Å². The molecular weight excluding hydrogens is 230 g/mol. The topological polar surface area (TPSA) is 37.0 Å². The number of nitrogens with zero attached hydrogens (tertiary/aromatic N) is 1. The summed E-state index contributed by atoms with van der Waals surface area (Å²) in [4.78, 5) is 0. The zero-order chi connectivity index (χ0) is 11.5. The van der Waals surface area contributed by atoms with Gasteiger partial charge in [0.25, 0.3) is 0 Å². The van der Waals surface area contributed by atoms with E-state index in [1.54, 1.807) is 11.5 Å². The van der Waals surface area contributed by atoms with Crippen LogP contribution in [0, 0.1) is 0 Å². The van der Waals surface area contributed by atoms with E-state index in [2.05, 4.69) is 39.3 Å². The van der Waals surface area contributed by atoms with Gasteiger partial charge in [0.05, 0.1) is 4.70 Å². The highest BCUT2D eigenvalue weighted by Crippen LogP contribution is 2.26. The molecule has 0 bridgehead atoms. The van der Waals surface area contributed by atoms with Gasteiger partial charge in [0.2, 0.25) is 0 Å². The van der Waals surface area contributed by atoms with Gasteiger partial charge >= 0.3 is 0 Å². The fourth-order valence-electron chi connectivity index (χ4n) is 2.33. The first-order valence-corrected chi connectivity index (χ1v) is 7.02. The Morgan fingerprint density at radius 2 is 2.29 bits per heavy atom. The van der Waals surface area contributed by atoms with Crippen LogP contribution in [0.4, 0.5) is 5.82 Å². The van der Waals surface area contributed by atoms with Gasteiger partial charge in [-0.05, 0) is 43.1 Å². The summed E-state index contributed by atoms with van der Waals surface area (Å²) >= 11 is 1.57. The second-order valence-electron chi connectivity index (χ2n) is 4.56. The smallest absolute Gasteiger partial charge is 0.147 e. The maximum atomic E-state index is 4.48. The zero-order valence-electron chi connectivity index (χ0n) is 9.78. The molecule has 2 heterocycles. The molecule has 0 radical (unpaired) electrons. The van der Waals surface area contributed by atoms with Crippen molar-refractivity contribution in [3.05, 3.63) is 24.3 Å². The van der Waals surface area contributed by atoms with Crippen molar-refractivity contribution in [3.63, 3.8) is 0 Å². The second-order valence-corrected chi connectivity index (χ2v) is 5.36. The number of rotatable bonds is 3. The molecule has 2 aromatic rings. The molecular formula is C13H17N3S. The number of anilines is 1. The molecule has 0 amide bonds. The first kappa shape index (κ1) is 11.0. The zero-order valence-corrected chi connectivity index (χ0v) is 10.6. The largest absolute Gasteiger partial charge is 0.367 e. The Balaban J connectivity index is 1.68. The summed E-state index contributed by atoms with van der Waals surface area (Å²) in [7, 11) is 0. The third-order valence-corrected chi connectivity index (χ3v) is 4.13. The molecule has 4 heteroatoms. The normalized spacial score (nSPS) is 20.6. The van der Waals surface area contributed by atoms with Crippen LogP contribution in [0.1, 0.15) is 19.3 Å². The van der Waals surface area contributed by atoms with Crippen molar-refractivity contribution in [1.82, 2.24) is 9.69 Å². The van der Waals surface area contributed by atoms with Crippen LogP contribution in [0.2, 0.25) is 0 Å². The van der Waals surface area contributed by atoms with Crippen molar-refractivity contribution in [1.29, 1.82) is 0 Å². The van der Waals surface area contributed by atoms with E-state index in [0.29, 0.717) is 6.04 Å². The third kappa shape index (κ3) is 2.42. The Kier molecular flexibility index (Phi) is 3.25. The highest BCUT2D eigenvalue weighted by molar-refractivity contribution is 7.13. The molecule has 1 saturated heterocycles. The van der Waals surface area contributed by atoms with E-state index in [9.17, 15) is 0 Å². The van der Waals surface area contributed by atoms with Crippen LogP contribution in [-0.4, -0.2) is 23.5 Å². The summed E-state index contributed by atoms with van der Waals surface area (Å²) < 4.78 is 5.74.